The van der Waals surface area contributed by atoms with Gasteiger partial charge in [-0.25, -0.2) is 9.97 Å². The van der Waals surface area contributed by atoms with E-state index in [0.29, 0.717) is 0 Å². The number of anilines is 2. The molecule has 0 aliphatic heterocycles. The molecule has 19 heavy (non-hydrogen) atoms. The molecule has 96 valence electrons. The third-order valence-corrected chi connectivity index (χ3v) is 3.57. The Balaban J connectivity index is 1.79. The predicted octanol–water partition coefficient (Wildman–Crippen LogP) is 3.44. The Bertz CT molecular complexity index is 657. The van der Waals surface area contributed by atoms with Crippen LogP contribution in [0.5, 0.6) is 0 Å². The summed E-state index contributed by atoms with van der Waals surface area (Å²) < 4.78 is 2.06. The van der Waals surface area contributed by atoms with Gasteiger partial charge in [-0.2, -0.15) is 0 Å². The molecule has 0 radical (unpaired) electrons. The van der Waals surface area contributed by atoms with Crippen molar-refractivity contribution in [1.29, 1.82) is 0 Å². The van der Waals surface area contributed by atoms with Crippen LogP contribution in [0.2, 0.25) is 0 Å². The minimum Gasteiger partial charge on any atom is -0.326 e. The van der Waals surface area contributed by atoms with Crippen molar-refractivity contribution >= 4 is 23.0 Å². The highest BCUT2D eigenvalue weighted by atomic mass is 32.1. The van der Waals surface area contributed by atoms with Crippen molar-refractivity contribution in [3.05, 3.63) is 58.8 Å². The molecule has 0 saturated carbocycles. The lowest BCUT2D eigenvalue weighted by molar-refractivity contribution is 0.786. The Morgan fingerprint density at radius 3 is 2.84 bits per heavy atom. The van der Waals surface area contributed by atoms with Crippen LogP contribution in [0.3, 0.4) is 0 Å². The Morgan fingerprint density at radius 2 is 2.11 bits per heavy atom. The summed E-state index contributed by atoms with van der Waals surface area (Å²) in [6.45, 7) is 2.75. The van der Waals surface area contributed by atoms with Crippen molar-refractivity contribution in [3.8, 4) is 0 Å². The topological polar surface area (TPSA) is 42.7 Å². The number of aromatic nitrogens is 3. The molecule has 0 aliphatic rings. The largest absolute Gasteiger partial charge is 0.326 e. The molecule has 1 N–H and O–H groups in total. The summed E-state index contributed by atoms with van der Waals surface area (Å²) in [6.07, 6.45) is 3.75. The molecule has 0 bridgehead atoms. The SMILES string of the molecule is Cc1nc(Cn2ccnc2Nc2ccccc2)cs1. The Hall–Kier alpha value is -2.14. The van der Waals surface area contributed by atoms with E-state index in [9.17, 15) is 0 Å². The highest BCUT2D eigenvalue weighted by molar-refractivity contribution is 7.09. The van der Waals surface area contributed by atoms with E-state index in [2.05, 4.69) is 25.2 Å². The van der Waals surface area contributed by atoms with Crippen molar-refractivity contribution in [2.45, 2.75) is 13.5 Å². The van der Waals surface area contributed by atoms with Gasteiger partial charge in [-0.1, -0.05) is 18.2 Å². The van der Waals surface area contributed by atoms with E-state index in [4.69, 9.17) is 0 Å². The molecule has 0 fully saturated rings. The normalized spacial score (nSPS) is 10.6. The molecule has 1 aromatic carbocycles. The van der Waals surface area contributed by atoms with Crippen molar-refractivity contribution < 1.29 is 0 Å². The zero-order valence-corrected chi connectivity index (χ0v) is 11.4. The standard InChI is InChI=1S/C14H14N4S/c1-11-16-13(10-19-11)9-18-8-7-15-14(18)17-12-5-3-2-4-6-12/h2-8,10H,9H2,1H3,(H,15,17). The molecule has 2 heterocycles. The second-order valence-electron chi connectivity index (χ2n) is 4.23. The van der Waals surface area contributed by atoms with Gasteiger partial charge in [0.25, 0.3) is 0 Å². The number of hydrogen-bond acceptors (Lipinski definition) is 4. The molecule has 5 heteroatoms. The van der Waals surface area contributed by atoms with Gasteiger partial charge in [0.15, 0.2) is 0 Å². The molecule has 0 saturated heterocycles. The molecule has 0 atom stereocenters. The molecule has 3 rings (SSSR count). The highest BCUT2D eigenvalue weighted by Gasteiger charge is 2.05. The average molecular weight is 270 g/mol. The van der Waals surface area contributed by atoms with Crippen LogP contribution in [0.4, 0.5) is 11.6 Å². The zero-order valence-electron chi connectivity index (χ0n) is 10.6. The van der Waals surface area contributed by atoms with Gasteiger partial charge in [0.2, 0.25) is 5.95 Å². The Morgan fingerprint density at radius 1 is 1.26 bits per heavy atom. The van der Waals surface area contributed by atoms with E-state index >= 15 is 0 Å². The first kappa shape index (κ1) is 11.9. The summed E-state index contributed by atoms with van der Waals surface area (Å²) in [5, 5.41) is 6.48. The van der Waals surface area contributed by atoms with Gasteiger partial charge in [-0.3, -0.25) is 0 Å². The monoisotopic (exact) mass is 270 g/mol. The quantitative estimate of drug-likeness (QED) is 0.789. The summed E-state index contributed by atoms with van der Waals surface area (Å²) in [5.74, 6) is 0.830. The van der Waals surface area contributed by atoms with Gasteiger partial charge in [-0.15, -0.1) is 11.3 Å². The third kappa shape index (κ3) is 2.82. The second-order valence-corrected chi connectivity index (χ2v) is 5.29. The summed E-state index contributed by atoms with van der Waals surface area (Å²) in [6, 6.07) is 10.0. The van der Waals surface area contributed by atoms with Gasteiger partial charge < -0.3 is 9.88 Å². The second kappa shape index (κ2) is 5.24. The van der Waals surface area contributed by atoms with Crippen LogP contribution in [0.25, 0.3) is 0 Å². The van der Waals surface area contributed by atoms with Gasteiger partial charge in [0.1, 0.15) is 0 Å². The number of imidazole rings is 1. The number of nitrogens with zero attached hydrogens (tertiary/aromatic N) is 3. The van der Waals surface area contributed by atoms with Crippen LogP contribution >= 0.6 is 11.3 Å². The van der Waals surface area contributed by atoms with Gasteiger partial charge >= 0.3 is 0 Å². The highest BCUT2D eigenvalue weighted by Crippen LogP contribution is 2.16. The summed E-state index contributed by atoms with van der Waals surface area (Å²) >= 11 is 1.67. The minimum absolute atomic E-state index is 0.736. The number of aryl methyl sites for hydroxylation is 1. The molecule has 0 aliphatic carbocycles. The van der Waals surface area contributed by atoms with Gasteiger partial charge in [0, 0.05) is 23.5 Å². The molecular weight excluding hydrogens is 256 g/mol. The molecule has 0 spiro atoms. The lowest BCUT2D eigenvalue weighted by Crippen LogP contribution is -2.04. The average Bonchev–Trinajstić information content (AvgIpc) is 3.01. The van der Waals surface area contributed by atoms with Crippen molar-refractivity contribution in [2.75, 3.05) is 5.32 Å². The van der Waals surface area contributed by atoms with E-state index in [1.165, 1.54) is 0 Å². The first-order chi connectivity index (χ1) is 9.31. The Kier molecular flexibility index (Phi) is 3.29. The van der Waals surface area contributed by atoms with Crippen LogP contribution in [0, 0.1) is 6.92 Å². The van der Waals surface area contributed by atoms with Gasteiger partial charge in [0.05, 0.1) is 17.2 Å². The molecule has 0 amide bonds. The van der Waals surface area contributed by atoms with Crippen LogP contribution in [-0.2, 0) is 6.54 Å². The van der Waals surface area contributed by atoms with Crippen molar-refractivity contribution in [1.82, 2.24) is 14.5 Å². The van der Waals surface area contributed by atoms with Crippen LogP contribution in [-0.4, -0.2) is 14.5 Å². The molecular formula is C14H14N4S. The van der Waals surface area contributed by atoms with E-state index in [1.807, 2.05) is 43.5 Å². The minimum atomic E-state index is 0.736. The molecule has 0 unspecified atom stereocenters. The van der Waals surface area contributed by atoms with Crippen LogP contribution in [0.1, 0.15) is 10.7 Å². The maximum absolute atomic E-state index is 4.48. The van der Waals surface area contributed by atoms with Crippen LogP contribution < -0.4 is 5.32 Å². The van der Waals surface area contributed by atoms with E-state index in [-0.39, 0.29) is 0 Å². The molecule has 2 aromatic heterocycles. The van der Waals surface area contributed by atoms with Gasteiger partial charge in [-0.05, 0) is 19.1 Å². The summed E-state index contributed by atoms with van der Waals surface area (Å²) in [4.78, 5) is 8.82. The Labute approximate surface area is 115 Å². The fourth-order valence-corrected chi connectivity index (χ4v) is 2.47. The number of benzene rings is 1. The number of hydrogen-bond donors (Lipinski definition) is 1. The zero-order chi connectivity index (χ0) is 13.1. The lowest BCUT2D eigenvalue weighted by Gasteiger charge is -2.08. The number of rotatable bonds is 4. The number of nitrogens with one attached hydrogen (secondary N) is 1. The fraction of sp³-hybridized carbons (Fsp3) is 0.143. The first-order valence-electron chi connectivity index (χ1n) is 6.05. The summed E-state index contributed by atoms with van der Waals surface area (Å²) in [5.41, 5.74) is 2.10. The maximum atomic E-state index is 4.48. The lowest BCUT2D eigenvalue weighted by atomic mass is 10.3. The molecule has 4 nitrogen and oxygen atoms in total. The smallest absolute Gasteiger partial charge is 0.207 e. The number of thiazole rings is 1. The maximum Gasteiger partial charge on any atom is 0.207 e. The van der Waals surface area contributed by atoms with E-state index < -0.39 is 0 Å². The van der Waals surface area contributed by atoms with Crippen molar-refractivity contribution in [2.24, 2.45) is 0 Å². The van der Waals surface area contributed by atoms with E-state index in [0.717, 1.165) is 28.9 Å². The summed E-state index contributed by atoms with van der Waals surface area (Å²) in [7, 11) is 0. The predicted molar refractivity (Wildman–Crippen MR) is 77.9 cm³/mol. The number of para-hydroxylation sites is 1. The van der Waals surface area contributed by atoms with E-state index in [1.54, 1.807) is 17.5 Å². The first-order valence-corrected chi connectivity index (χ1v) is 6.93. The van der Waals surface area contributed by atoms with Crippen LogP contribution in [0.15, 0.2) is 48.1 Å². The fourth-order valence-electron chi connectivity index (χ4n) is 1.87. The third-order valence-electron chi connectivity index (χ3n) is 2.74. The molecule has 3 aromatic rings. The van der Waals surface area contributed by atoms with Crippen molar-refractivity contribution in [3.63, 3.8) is 0 Å².